The molecule has 0 aliphatic carbocycles. The van der Waals surface area contributed by atoms with Crippen LogP contribution in [0.1, 0.15) is 5.69 Å². The molecule has 0 atom stereocenters. The van der Waals surface area contributed by atoms with Crippen molar-refractivity contribution in [3.63, 3.8) is 0 Å². The fourth-order valence-corrected chi connectivity index (χ4v) is 0.913. The van der Waals surface area contributed by atoms with Crippen LogP contribution in [0.25, 0.3) is 0 Å². The van der Waals surface area contributed by atoms with Crippen molar-refractivity contribution in [1.82, 2.24) is 19.9 Å². The number of nitrogens with zero attached hydrogens (tertiary/aromatic N) is 5. The van der Waals surface area contributed by atoms with Crippen LogP contribution in [0.15, 0.2) is 23.7 Å². The molecule has 2 N–H and O–H groups in total. The van der Waals surface area contributed by atoms with Gasteiger partial charge < -0.3 is 10.2 Å². The van der Waals surface area contributed by atoms with Crippen molar-refractivity contribution in [2.45, 2.75) is 0 Å². The van der Waals surface area contributed by atoms with E-state index in [0.717, 1.165) is 0 Å². The van der Waals surface area contributed by atoms with Gasteiger partial charge in [0.2, 0.25) is 0 Å². The Hall–Kier alpha value is -2.69. The molecule has 0 unspecified atom stereocenters. The van der Waals surface area contributed by atoms with Gasteiger partial charge in [-0.2, -0.15) is 5.26 Å². The van der Waals surface area contributed by atoms with E-state index in [1.165, 1.54) is 18.6 Å². The molecule has 0 spiro atoms. The Kier molecular flexibility index (Phi) is 2.12. The number of H-pyrrole nitrogens is 2. The maximum atomic E-state index is 11.3. The van der Waals surface area contributed by atoms with Crippen molar-refractivity contribution < 1.29 is 4.86 Å². The highest BCUT2D eigenvalue weighted by molar-refractivity contribution is 5.25. The first-order chi connectivity index (χ1) is 7.29. The minimum Gasteiger partial charge on any atom is -0.721 e. The van der Waals surface area contributed by atoms with E-state index in [2.05, 4.69) is 25.1 Å². The molecule has 0 amide bonds. The Morgan fingerprint density at radius 2 is 2.40 bits per heavy atom. The van der Waals surface area contributed by atoms with Crippen LogP contribution in [0.2, 0.25) is 0 Å². The molecular formula is C7H5N7O. The zero-order valence-electron chi connectivity index (χ0n) is 7.38. The fraction of sp³-hybridized carbons (Fsp3) is 0. The van der Waals surface area contributed by atoms with Gasteiger partial charge in [0.05, 0.1) is 12.4 Å². The molecule has 2 aromatic heterocycles. The Morgan fingerprint density at radius 3 is 3.00 bits per heavy atom. The van der Waals surface area contributed by atoms with Gasteiger partial charge in [0.25, 0.3) is 5.95 Å². The number of azo groups is 1. The van der Waals surface area contributed by atoms with E-state index < -0.39 is 0 Å². The largest absolute Gasteiger partial charge is 0.721 e. The summed E-state index contributed by atoms with van der Waals surface area (Å²) in [5.74, 6) is 0.0999. The van der Waals surface area contributed by atoms with Crippen LogP contribution >= 0.6 is 0 Å². The third kappa shape index (κ3) is 1.80. The summed E-state index contributed by atoms with van der Waals surface area (Å²) >= 11 is 0. The molecule has 74 valence electrons. The van der Waals surface area contributed by atoms with Gasteiger partial charge in [-0.1, -0.05) is 10.1 Å². The average Bonchev–Trinajstić information content (AvgIpc) is 2.87. The van der Waals surface area contributed by atoms with Crippen molar-refractivity contribution in [2.75, 3.05) is 0 Å². The molecule has 2 aromatic rings. The number of nitriles is 1. The van der Waals surface area contributed by atoms with Crippen LogP contribution in [0, 0.1) is 16.5 Å². The summed E-state index contributed by atoms with van der Waals surface area (Å²) in [7, 11) is 0. The van der Waals surface area contributed by atoms with Crippen LogP contribution in [0.3, 0.4) is 0 Å². The molecule has 0 radical (unpaired) electrons. The normalized spacial score (nSPS) is 11.3. The van der Waals surface area contributed by atoms with Crippen molar-refractivity contribution in [1.29, 1.82) is 5.26 Å². The summed E-state index contributed by atoms with van der Waals surface area (Å²) < 4.78 is 0. The maximum Gasteiger partial charge on any atom is 0.416 e. The number of aromatic nitrogens is 4. The Morgan fingerprint density at radius 1 is 1.53 bits per heavy atom. The van der Waals surface area contributed by atoms with Crippen LogP contribution in [0.5, 0.6) is 0 Å². The molecule has 2 rings (SSSR count). The highest BCUT2D eigenvalue weighted by atomic mass is 16.5. The molecule has 0 aliphatic rings. The molecule has 0 fully saturated rings. The first kappa shape index (κ1) is 8.89. The lowest BCUT2D eigenvalue weighted by Crippen LogP contribution is -1.92. The molecule has 0 aliphatic heterocycles. The lowest BCUT2D eigenvalue weighted by molar-refractivity contribution is -0.444. The number of imidazole rings is 2. The second-order valence-electron chi connectivity index (χ2n) is 2.52. The lowest BCUT2D eigenvalue weighted by Gasteiger charge is -1.99. The Balaban J connectivity index is 2.27. The minimum atomic E-state index is 0.0462. The molecule has 0 saturated heterocycles. The number of nitrogens with one attached hydrogen (secondary N) is 2. The molecule has 0 bridgehead atoms. The summed E-state index contributed by atoms with van der Waals surface area (Å²) in [6.45, 7) is 0. The molecular weight excluding hydrogens is 198 g/mol. The predicted molar refractivity (Wildman–Crippen MR) is 47.3 cm³/mol. The first-order valence-electron chi connectivity index (χ1n) is 3.93. The third-order valence-electron chi connectivity index (χ3n) is 1.53. The number of hydrogen-bond donors (Lipinski definition) is 2. The van der Waals surface area contributed by atoms with Crippen molar-refractivity contribution >= 4 is 11.9 Å². The monoisotopic (exact) mass is 203 g/mol. The summed E-state index contributed by atoms with van der Waals surface area (Å²) in [5, 5.41) is 23.3. The van der Waals surface area contributed by atoms with Gasteiger partial charge in [-0.3, -0.25) is 0 Å². The molecule has 8 nitrogen and oxygen atoms in total. The third-order valence-corrected chi connectivity index (χ3v) is 1.53. The van der Waals surface area contributed by atoms with Crippen molar-refractivity contribution in [3.05, 3.63) is 29.5 Å². The predicted octanol–water partition coefficient (Wildman–Crippen LogP) is 0.930. The quantitative estimate of drug-likeness (QED) is 0.428. The first-order valence-corrected chi connectivity index (χ1v) is 3.93. The summed E-state index contributed by atoms with van der Waals surface area (Å²) in [5.41, 5.74) is 0.238. The van der Waals surface area contributed by atoms with E-state index in [1.807, 2.05) is 6.07 Å². The van der Waals surface area contributed by atoms with E-state index in [9.17, 15) is 5.21 Å². The molecule has 0 saturated carbocycles. The topological polar surface area (TPSA) is 120 Å². The zero-order valence-corrected chi connectivity index (χ0v) is 7.38. The Bertz CT molecular complexity index is 518. The molecule has 8 heteroatoms. The molecule has 2 heterocycles. The smallest absolute Gasteiger partial charge is 0.416 e. The van der Waals surface area contributed by atoms with Crippen molar-refractivity contribution in [2.24, 2.45) is 5.11 Å². The van der Waals surface area contributed by atoms with Gasteiger partial charge in [0.1, 0.15) is 18.0 Å². The van der Waals surface area contributed by atoms with Crippen LogP contribution in [0.4, 0.5) is 11.9 Å². The van der Waals surface area contributed by atoms with E-state index in [-0.39, 0.29) is 22.5 Å². The summed E-state index contributed by atoms with van der Waals surface area (Å²) in [4.78, 5) is 12.8. The van der Waals surface area contributed by atoms with E-state index in [0.29, 0.717) is 0 Å². The van der Waals surface area contributed by atoms with Gasteiger partial charge in [-0.05, 0) is 0 Å². The number of hydrogen-bond acceptors (Lipinski definition) is 5. The maximum absolute atomic E-state index is 11.3. The van der Waals surface area contributed by atoms with Crippen LogP contribution < -0.4 is 0 Å². The van der Waals surface area contributed by atoms with Gasteiger partial charge in [-0.25, -0.2) is 9.97 Å². The number of aromatic amines is 2. The fourth-order valence-electron chi connectivity index (χ4n) is 0.913. The van der Waals surface area contributed by atoms with E-state index in [1.54, 1.807) is 0 Å². The van der Waals surface area contributed by atoms with Gasteiger partial charge >= 0.3 is 5.95 Å². The summed E-state index contributed by atoms with van der Waals surface area (Å²) in [6.07, 6.45) is 4.21. The van der Waals surface area contributed by atoms with Gasteiger partial charge in [0, 0.05) is 0 Å². The number of rotatable bonds is 2. The lowest BCUT2D eigenvalue weighted by atomic mass is 10.6. The second kappa shape index (κ2) is 3.59. The standard InChI is InChI=1S/C7H5N7O/c8-3-5-4-11-6(12-5)13-14(15)7-9-1-2-10-7/h1-2,4H,(H,9,10)(H,11,12). The van der Waals surface area contributed by atoms with E-state index >= 15 is 0 Å². The highest BCUT2D eigenvalue weighted by Gasteiger charge is 2.04. The zero-order chi connectivity index (χ0) is 10.7. The molecule has 0 aromatic carbocycles. The second-order valence-corrected chi connectivity index (χ2v) is 2.52. The van der Waals surface area contributed by atoms with Crippen LogP contribution in [-0.4, -0.2) is 24.8 Å². The van der Waals surface area contributed by atoms with E-state index in [4.69, 9.17) is 5.26 Å². The van der Waals surface area contributed by atoms with Crippen LogP contribution in [-0.2, 0) is 0 Å². The van der Waals surface area contributed by atoms with Crippen molar-refractivity contribution in [3.8, 4) is 6.07 Å². The summed E-state index contributed by atoms with van der Waals surface area (Å²) in [6, 6.07) is 1.83. The highest BCUT2D eigenvalue weighted by Crippen LogP contribution is 2.09. The minimum absolute atomic E-state index is 0.0462. The molecule has 15 heavy (non-hydrogen) atoms. The van der Waals surface area contributed by atoms with Gasteiger partial charge in [0.15, 0.2) is 0 Å². The Labute approximate surface area is 83.5 Å². The SMILES string of the molecule is N#Cc1cnc(N=[N+]([O-])c2ncc[nH]2)[nH]1. The van der Waals surface area contributed by atoms with Gasteiger partial charge in [-0.15, -0.1) is 4.86 Å². The average molecular weight is 203 g/mol.